The molecule has 49 heavy (non-hydrogen) atoms. The molecular formula is C29H36F9N5O6. The second-order valence-electron chi connectivity index (χ2n) is 12.0. The monoisotopic (exact) mass is 721 g/mol. The third kappa shape index (κ3) is 12.9. The van der Waals surface area contributed by atoms with E-state index in [0.717, 1.165) is 24.0 Å². The van der Waals surface area contributed by atoms with E-state index in [4.69, 9.17) is 34.7 Å². The molecule has 0 radical (unpaired) electrons. The van der Waals surface area contributed by atoms with Crippen molar-refractivity contribution in [1.29, 1.82) is 0 Å². The number of carboxylic acids is 3. The molecule has 4 aliphatic rings. The number of aromatic nitrogens is 2. The Labute approximate surface area is 273 Å². The predicted molar refractivity (Wildman–Crippen MR) is 154 cm³/mol. The summed E-state index contributed by atoms with van der Waals surface area (Å²) in [5.74, 6) is -5.03. The largest absolute Gasteiger partial charge is 0.490 e. The van der Waals surface area contributed by atoms with Crippen LogP contribution in [-0.4, -0.2) is 117 Å². The molecule has 2 aliphatic carbocycles. The number of halogens is 9. The van der Waals surface area contributed by atoms with Gasteiger partial charge in [-0.15, -0.1) is 0 Å². The molecule has 2 saturated carbocycles. The molecule has 0 aromatic carbocycles. The molecule has 2 aromatic heterocycles. The van der Waals surface area contributed by atoms with Crippen LogP contribution in [0, 0.1) is 11.8 Å². The fourth-order valence-corrected chi connectivity index (χ4v) is 5.22. The highest BCUT2D eigenvalue weighted by Crippen LogP contribution is 2.36. The molecule has 0 amide bonds. The predicted octanol–water partition coefficient (Wildman–Crippen LogP) is 5.31. The second kappa shape index (κ2) is 16.3. The number of carbonyl (C=O) groups is 3. The van der Waals surface area contributed by atoms with Crippen LogP contribution < -0.4 is 4.90 Å². The first-order chi connectivity index (χ1) is 22.7. The van der Waals surface area contributed by atoms with E-state index in [1.54, 1.807) is 0 Å². The lowest BCUT2D eigenvalue weighted by atomic mass is 10.1. The van der Waals surface area contributed by atoms with E-state index in [2.05, 4.69) is 43.5 Å². The molecule has 3 N–H and O–H groups in total. The molecule has 6 rings (SSSR count). The summed E-state index contributed by atoms with van der Waals surface area (Å²) >= 11 is 0. The normalized spacial score (nSPS) is 20.3. The van der Waals surface area contributed by atoms with Gasteiger partial charge in [0, 0.05) is 52.0 Å². The van der Waals surface area contributed by atoms with E-state index in [0.29, 0.717) is 6.04 Å². The molecule has 0 bridgehead atoms. The number of piperazine rings is 1. The summed E-state index contributed by atoms with van der Waals surface area (Å²) in [4.78, 5) is 39.8. The number of nitrogens with zero attached hydrogens (tertiary/aromatic N) is 5. The van der Waals surface area contributed by atoms with Crippen LogP contribution in [0.1, 0.15) is 50.3 Å². The Hall–Kier alpha value is -3.81. The van der Waals surface area contributed by atoms with Crippen LogP contribution in [-0.2, 0) is 14.4 Å². The molecule has 1 unspecified atom stereocenters. The number of fused-ring (bicyclic) bond motifs is 1. The fourth-order valence-electron chi connectivity index (χ4n) is 5.22. The van der Waals surface area contributed by atoms with E-state index in [9.17, 15) is 39.5 Å². The molecule has 0 spiro atoms. The molecular weight excluding hydrogens is 685 g/mol. The molecule has 2 saturated heterocycles. The summed E-state index contributed by atoms with van der Waals surface area (Å²) < 4.78 is 97.6. The Morgan fingerprint density at radius 2 is 1.18 bits per heavy atom. The highest BCUT2D eigenvalue weighted by atomic mass is 19.4. The first kappa shape index (κ1) is 39.6. The Kier molecular flexibility index (Phi) is 13.2. The summed E-state index contributed by atoms with van der Waals surface area (Å²) in [6.07, 6.45) is -4.52. The molecule has 2 aromatic rings. The van der Waals surface area contributed by atoms with E-state index in [1.165, 1.54) is 89.3 Å². The van der Waals surface area contributed by atoms with E-state index in [-0.39, 0.29) is 0 Å². The number of rotatable bonds is 6. The maximum Gasteiger partial charge on any atom is 0.490 e. The number of hydrogen-bond donors (Lipinski definition) is 3. The van der Waals surface area contributed by atoms with Gasteiger partial charge in [-0.05, 0) is 62.5 Å². The van der Waals surface area contributed by atoms with Gasteiger partial charge in [0.05, 0.1) is 11.7 Å². The Balaban J connectivity index is 0.000000255. The number of anilines is 1. The number of carboxylic acid groups (broad SMARTS) is 3. The lowest BCUT2D eigenvalue weighted by molar-refractivity contribution is -0.193. The van der Waals surface area contributed by atoms with E-state index >= 15 is 0 Å². The Morgan fingerprint density at radius 1 is 0.714 bits per heavy atom. The van der Waals surface area contributed by atoms with Crippen molar-refractivity contribution in [3.05, 3.63) is 30.1 Å². The SMILES string of the molecule is O=C(O)C(F)(F)F.O=C(O)C(F)(F)F.O=C(O)C(F)(F)F.c1cc(N2CCCC2)n2cc(C3CN(CC4CC4)CCN3CC3CC3)nc2c1. The quantitative estimate of drug-likeness (QED) is 0.337. The van der Waals surface area contributed by atoms with Gasteiger partial charge in [0.15, 0.2) is 0 Å². The minimum absolute atomic E-state index is 0.458. The van der Waals surface area contributed by atoms with Crippen LogP contribution in [0.2, 0.25) is 0 Å². The average molecular weight is 722 g/mol. The van der Waals surface area contributed by atoms with Crippen molar-refractivity contribution < 1.29 is 69.2 Å². The van der Waals surface area contributed by atoms with Crippen molar-refractivity contribution in [1.82, 2.24) is 19.2 Å². The average Bonchev–Trinajstić information content (AvgIpc) is 3.88. The molecule has 11 nitrogen and oxygen atoms in total. The van der Waals surface area contributed by atoms with Crippen molar-refractivity contribution in [2.75, 3.05) is 50.7 Å². The lowest BCUT2D eigenvalue weighted by Gasteiger charge is -2.41. The van der Waals surface area contributed by atoms with Crippen molar-refractivity contribution in [3.8, 4) is 0 Å². The van der Waals surface area contributed by atoms with Gasteiger partial charge < -0.3 is 20.2 Å². The number of aliphatic carboxylic acids is 3. The number of pyridine rings is 1. The van der Waals surface area contributed by atoms with Gasteiger partial charge in [0.2, 0.25) is 0 Å². The standard InChI is InChI=1S/C23H33N5.3C2HF3O2/c1-2-11-26(10-1)23-5-3-4-22-24-20(16-28(22)23)21-17-25(14-18-6-7-18)12-13-27(21)15-19-8-9-19;3*3-2(4,5)1(6)7/h3-5,16,18-19,21H,1-2,6-15,17H2;3*(H,6,7). The summed E-state index contributed by atoms with van der Waals surface area (Å²) in [7, 11) is 0. The van der Waals surface area contributed by atoms with Gasteiger partial charge in [0.25, 0.3) is 0 Å². The van der Waals surface area contributed by atoms with E-state index < -0.39 is 36.4 Å². The van der Waals surface area contributed by atoms with Gasteiger partial charge in [-0.1, -0.05) is 6.07 Å². The molecule has 1 atom stereocenters. The third-order valence-corrected chi connectivity index (χ3v) is 7.97. The van der Waals surface area contributed by atoms with Crippen molar-refractivity contribution in [2.24, 2.45) is 11.8 Å². The van der Waals surface area contributed by atoms with Crippen LogP contribution in [0.15, 0.2) is 24.4 Å². The number of imidazole rings is 1. The lowest BCUT2D eigenvalue weighted by Crippen LogP contribution is -2.49. The summed E-state index contributed by atoms with van der Waals surface area (Å²) in [5, 5.41) is 21.4. The highest BCUT2D eigenvalue weighted by Gasteiger charge is 2.40. The fraction of sp³-hybridized carbons (Fsp3) is 0.655. The minimum atomic E-state index is -5.08. The highest BCUT2D eigenvalue weighted by molar-refractivity contribution is 5.73. The van der Waals surface area contributed by atoms with Gasteiger partial charge in [0.1, 0.15) is 11.5 Å². The van der Waals surface area contributed by atoms with Gasteiger partial charge >= 0.3 is 36.4 Å². The van der Waals surface area contributed by atoms with Gasteiger partial charge in [-0.2, -0.15) is 39.5 Å². The van der Waals surface area contributed by atoms with Gasteiger partial charge in [-0.25, -0.2) is 19.4 Å². The van der Waals surface area contributed by atoms with Crippen LogP contribution >= 0.6 is 0 Å². The maximum absolute atomic E-state index is 10.6. The zero-order valence-corrected chi connectivity index (χ0v) is 25.9. The molecule has 4 fully saturated rings. The Morgan fingerprint density at radius 3 is 1.63 bits per heavy atom. The number of alkyl halides is 9. The minimum Gasteiger partial charge on any atom is -0.475 e. The summed E-state index contributed by atoms with van der Waals surface area (Å²) in [6.45, 7) is 8.55. The zero-order valence-electron chi connectivity index (χ0n) is 25.9. The van der Waals surface area contributed by atoms with Crippen LogP contribution in [0.4, 0.5) is 45.3 Å². The van der Waals surface area contributed by atoms with Crippen molar-refractivity contribution in [2.45, 2.75) is 63.1 Å². The Bertz CT molecular complexity index is 1360. The third-order valence-electron chi connectivity index (χ3n) is 7.97. The smallest absolute Gasteiger partial charge is 0.475 e. The molecule has 276 valence electrons. The second-order valence-corrected chi connectivity index (χ2v) is 12.0. The zero-order chi connectivity index (χ0) is 36.7. The van der Waals surface area contributed by atoms with Crippen LogP contribution in [0.5, 0.6) is 0 Å². The molecule has 4 heterocycles. The van der Waals surface area contributed by atoms with Crippen LogP contribution in [0.25, 0.3) is 5.65 Å². The maximum atomic E-state index is 10.6. The summed E-state index contributed by atoms with van der Waals surface area (Å²) in [6, 6.07) is 7.09. The summed E-state index contributed by atoms with van der Waals surface area (Å²) in [5.41, 5.74) is 2.40. The van der Waals surface area contributed by atoms with E-state index in [1.807, 2.05) is 0 Å². The van der Waals surface area contributed by atoms with Gasteiger partial charge in [-0.3, -0.25) is 14.2 Å². The van der Waals surface area contributed by atoms with Crippen molar-refractivity contribution >= 4 is 29.4 Å². The first-order valence-corrected chi connectivity index (χ1v) is 15.3. The molecule has 2 aliphatic heterocycles. The van der Waals surface area contributed by atoms with Crippen molar-refractivity contribution in [3.63, 3.8) is 0 Å². The van der Waals surface area contributed by atoms with Crippen LogP contribution in [0.3, 0.4) is 0 Å². The number of hydrogen-bond acceptors (Lipinski definition) is 7. The molecule has 20 heteroatoms. The topological polar surface area (TPSA) is 139 Å². The first-order valence-electron chi connectivity index (χ1n) is 15.3.